The molecule has 1 aromatic heterocycles. The molecule has 1 aromatic carbocycles. The number of hydrogen-bond acceptors (Lipinski definition) is 2. The minimum absolute atomic E-state index is 0.185. The molecule has 0 radical (unpaired) electrons. The molecule has 96 valence electrons. The first-order valence-electron chi connectivity index (χ1n) is 6.17. The Morgan fingerprint density at radius 1 is 1.39 bits per heavy atom. The minimum Gasteiger partial charge on any atom is -0.481 e. The van der Waals surface area contributed by atoms with Crippen molar-refractivity contribution >= 4 is 16.9 Å². The largest absolute Gasteiger partial charge is 0.481 e. The fourth-order valence-electron chi connectivity index (χ4n) is 2.24. The second-order valence-corrected chi connectivity index (χ2v) is 4.60. The van der Waals surface area contributed by atoms with E-state index in [0.29, 0.717) is 13.0 Å². The Balaban J connectivity index is 2.09. The Labute approximate surface area is 106 Å². The van der Waals surface area contributed by atoms with Crippen LogP contribution in [0.2, 0.25) is 0 Å². The topological polar surface area (TPSA) is 79.1 Å². The van der Waals surface area contributed by atoms with Gasteiger partial charge >= 0.3 is 5.97 Å². The van der Waals surface area contributed by atoms with Crippen LogP contribution in [0.25, 0.3) is 10.9 Å². The molecule has 0 fully saturated rings. The molecule has 4 heteroatoms. The zero-order valence-corrected chi connectivity index (χ0v) is 10.2. The van der Waals surface area contributed by atoms with Crippen molar-refractivity contribution in [1.29, 1.82) is 0 Å². The number of H-pyrrole nitrogens is 1. The van der Waals surface area contributed by atoms with Gasteiger partial charge in [0.1, 0.15) is 0 Å². The van der Waals surface area contributed by atoms with Crippen LogP contribution in [0.4, 0.5) is 0 Å². The number of carboxylic acids is 1. The number of para-hydroxylation sites is 1. The average Bonchev–Trinajstić information content (AvgIpc) is 2.77. The summed E-state index contributed by atoms with van der Waals surface area (Å²) in [5.41, 5.74) is 8.04. The standard InChI is InChI=1S/C14H18N2O2/c15-8-10(5-6-14(17)18)7-11-9-16-13-4-2-1-3-12(11)13/h1-4,9-10,16H,5-8,15H2,(H,17,18). The minimum atomic E-state index is -0.757. The van der Waals surface area contributed by atoms with E-state index < -0.39 is 5.97 Å². The molecule has 0 bridgehead atoms. The third-order valence-corrected chi connectivity index (χ3v) is 3.28. The van der Waals surface area contributed by atoms with Crippen LogP contribution in [0.3, 0.4) is 0 Å². The van der Waals surface area contributed by atoms with Crippen LogP contribution in [0.5, 0.6) is 0 Å². The molecule has 18 heavy (non-hydrogen) atoms. The maximum Gasteiger partial charge on any atom is 0.303 e. The maximum absolute atomic E-state index is 10.6. The summed E-state index contributed by atoms with van der Waals surface area (Å²) in [7, 11) is 0. The molecule has 0 aliphatic heterocycles. The van der Waals surface area contributed by atoms with Gasteiger partial charge in [0.25, 0.3) is 0 Å². The summed E-state index contributed by atoms with van der Waals surface area (Å²) in [5.74, 6) is -0.535. The van der Waals surface area contributed by atoms with Crippen molar-refractivity contribution in [1.82, 2.24) is 4.98 Å². The highest BCUT2D eigenvalue weighted by Crippen LogP contribution is 2.22. The summed E-state index contributed by atoms with van der Waals surface area (Å²) in [4.78, 5) is 13.8. The molecule has 1 atom stereocenters. The van der Waals surface area contributed by atoms with Crippen LogP contribution >= 0.6 is 0 Å². The van der Waals surface area contributed by atoms with Crippen molar-refractivity contribution in [3.63, 3.8) is 0 Å². The Morgan fingerprint density at radius 3 is 2.89 bits per heavy atom. The lowest BCUT2D eigenvalue weighted by Gasteiger charge is -2.12. The van der Waals surface area contributed by atoms with E-state index in [2.05, 4.69) is 11.1 Å². The van der Waals surface area contributed by atoms with E-state index in [-0.39, 0.29) is 12.3 Å². The van der Waals surface area contributed by atoms with Crippen molar-refractivity contribution in [3.8, 4) is 0 Å². The highest BCUT2D eigenvalue weighted by atomic mass is 16.4. The second kappa shape index (κ2) is 5.69. The zero-order valence-electron chi connectivity index (χ0n) is 10.2. The summed E-state index contributed by atoms with van der Waals surface area (Å²) in [6.45, 7) is 0.521. The van der Waals surface area contributed by atoms with Crippen LogP contribution in [0, 0.1) is 5.92 Å². The van der Waals surface area contributed by atoms with Crippen molar-refractivity contribution < 1.29 is 9.90 Å². The summed E-state index contributed by atoms with van der Waals surface area (Å²) in [6.07, 6.45) is 3.64. The molecule has 2 rings (SSSR count). The number of carboxylic acid groups (broad SMARTS) is 1. The van der Waals surface area contributed by atoms with Crippen molar-refractivity contribution in [2.75, 3.05) is 6.54 Å². The van der Waals surface area contributed by atoms with Gasteiger partial charge in [0, 0.05) is 23.5 Å². The molecule has 0 aliphatic carbocycles. The van der Waals surface area contributed by atoms with E-state index in [1.807, 2.05) is 24.4 Å². The first kappa shape index (κ1) is 12.6. The molecule has 0 aliphatic rings. The molecule has 0 saturated heterocycles. The van der Waals surface area contributed by atoms with Crippen LogP contribution in [-0.4, -0.2) is 22.6 Å². The zero-order chi connectivity index (χ0) is 13.0. The number of hydrogen-bond donors (Lipinski definition) is 3. The quantitative estimate of drug-likeness (QED) is 0.730. The average molecular weight is 246 g/mol. The van der Waals surface area contributed by atoms with E-state index in [0.717, 1.165) is 11.9 Å². The number of fused-ring (bicyclic) bond motifs is 1. The maximum atomic E-state index is 10.6. The Morgan fingerprint density at radius 2 is 2.17 bits per heavy atom. The number of carbonyl (C=O) groups is 1. The molecule has 4 N–H and O–H groups in total. The van der Waals surface area contributed by atoms with E-state index in [1.54, 1.807) is 0 Å². The fourth-order valence-corrected chi connectivity index (χ4v) is 2.24. The predicted octanol–water partition coefficient (Wildman–Crippen LogP) is 2.15. The molecule has 0 spiro atoms. The lowest BCUT2D eigenvalue weighted by Crippen LogP contribution is -2.18. The van der Waals surface area contributed by atoms with Crippen LogP contribution in [0.15, 0.2) is 30.5 Å². The smallest absolute Gasteiger partial charge is 0.303 e. The highest BCUT2D eigenvalue weighted by molar-refractivity contribution is 5.83. The Bertz CT molecular complexity index is 533. The van der Waals surface area contributed by atoms with E-state index >= 15 is 0 Å². The Hall–Kier alpha value is -1.81. The summed E-state index contributed by atoms with van der Waals surface area (Å²) in [6, 6.07) is 8.11. The molecule has 0 amide bonds. The summed E-state index contributed by atoms with van der Waals surface area (Å²) < 4.78 is 0. The third kappa shape index (κ3) is 2.90. The fraction of sp³-hybridized carbons (Fsp3) is 0.357. The molecule has 1 unspecified atom stereocenters. The van der Waals surface area contributed by atoms with Gasteiger partial charge in [0.05, 0.1) is 0 Å². The SMILES string of the molecule is NCC(CCC(=O)O)Cc1c[nH]c2ccccc12. The van der Waals surface area contributed by atoms with E-state index in [4.69, 9.17) is 10.8 Å². The van der Waals surface area contributed by atoms with Gasteiger partial charge in [-0.2, -0.15) is 0 Å². The van der Waals surface area contributed by atoms with Crippen LogP contribution < -0.4 is 5.73 Å². The number of aliphatic carboxylic acids is 1. The molecule has 0 saturated carbocycles. The number of benzene rings is 1. The summed E-state index contributed by atoms with van der Waals surface area (Å²) >= 11 is 0. The first-order valence-corrected chi connectivity index (χ1v) is 6.17. The van der Waals surface area contributed by atoms with Crippen LogP contribution in [0.1, 0.15) is 18.4 Å². The predicted molar refractivity (Wildman–Crippen MR) is 71.4 cm³/mol. The number of rotatable bonds is 6. The summed E-state index contributed by atoms with van der Waals surface area (Å²) in [5, 5.41) is 9.91. The van der Waals surface area contributed by atoms with Gasteiger partial charge in [-0.05, 0) is 36.9 Å². The molecule has 4 nitrogen and oxygen atoms in total. The van der Waals surface area contributed by atoms with Gasteiger partial charge in [-0.15, -0.1) is 0 Å². The number of aromatic amines is 1. The number of nitrogens with two attached hydrogens (primary N) is 1. The van der Waals surface area contributed by atoms with Gasteiger partial charge in [0.2, 0.25) is 0 Å². The van der Waals surface area contributed by atoms with Gasteiger partial charge < -0.3 is 15.8 Å². The van der Waals surface area contributed by atoms with Gasteiger partial charge in [0.15, 0.2) is 0 Å². The van der Waals surface area contributed by atoms with Gasteiger partial charge in [-0.1, -0.05) is 18.2 Å². The number of nitrogens with one attached hydrogen (secondary N) is 1. The van der Waals surface area contributed by atoms with Crippen molar-refractivity contribution in [2.45, 2.75) is 19.3 Å². The first-order chi connectivity index (χ1) is 8.70. The van der Waals surface area contributed by atoms with E-state index in [1.165, 1.54) is 10.9 Å². The Kier molecular flexibility index (Phi) is 3.99. The normalized spacial score (nSPS) is 12.7. The number of aromatic nitrogens is 1. The highest BCUT2D eigenvalue weighted by Gasteiger charge is 2.12. The van der Waals surface area contributed by atoms with Gasteiger partial charge in [-0.3, -0.25) is 4.79 Å². The third-order valence-electron chi connectivity index (χ3n) is 3.28. The molecule has 2 aromatic rings. The molecular formula is C14H18N2O2. The molecular weight excluding hydrogens is 228 g/mol. The van der Waals surface area contributed by atoms with Crippen molar-refractivity contribution in [3.05, 3.63) is 36.0 Å². The lowest BCUT2D eigenvalue weighted by atomic mass is 9.94. The van der Waals surface area contributed by atoms with Crippen molar-refractivity contribution in [2.24, 2.45) is 11.7 Å². The monoisotopic (exact) mass is 246 g/mol. The second-order valence-electron chi connectivity index (χ2n) is 4.60. The van der Waals surface area contributed by atoms with E-state index in [9.17, 15) is 4.79 Å². The lowest BCUT2D eigenvalue weighted by molar-refractivity contribution is -0.137. The van der Waals surface area contributed by atoms with Gasteiger partial charge in [-0.25, -0.2) is 0 Å². The molecule has 1 heterocycles. The van der Waals surface area contributed by atoms with Crippen LogP contribution in [-0.2, 0) is 11.2 Å².